The van der Waals surface area contributed by atoms with Crippen molar-refractivity contribution in [1.29, 1.82) is 0 Å². The van der Waals surface area contributed by atoms with Crippen LogP contribution in [0.15, 0.2) is 18.2 Å². The number of carbonyl (C=O) groups excluding carboxylic acids is 1. The zero-order chi connectivity index (χ0) is 13.1. The second kappa shape index (κ2) is 5.27. The lowest BCUT2D eigenvalue weighted by molar-refractivity contribution is -0.130. The molecule has 1 aromatic rings. The van der Waals surface area contributed by atoms with Crippen LogP contribution in [-0.4, -0.2) is 37.2 Å². The van der Waals surface area contributed by atoms with Crippen molar-refractivity contribution in [2.75, 3.05) is 20.4 Å². The van der Waals surface area contributed by atoms with Crippen LogP contribution in [0.4, 0.5) is 0 Å². The smallest absolute Gasteiger partial charge is 0.231 e. The number of likely N-dealkylation sites (N-methyl/N-ethyl adjacent to an activating group) is 1. The SMILES string of the molecule is CC(CN)N(C)C(=O)Cc1ccc2c(c1)OCO2. The van der Waals surface area contributed by atoms with Crippen molar-refractivity contribution >= 4 is 5.91 Å². The van der Waals surface area contributed by atoms with Crippen LogP contribution in [0, 0.1) is 0 Å². The zero-order valence-electron chi connectivity index (χ0n) is 10.7. The summed E-state index contributed by atoms with van der Waals surface area (Å²) in [6.07, 6.45) is 0.345. The van der Waals surface area contributed by atoms with E-state index in [1.807, 2.05) is 25.1 Å². The number of nitrogens with two attached hydrogens (primary N) is 1. The molecule has 1 unspecified atom stereocenters. The summed E-state index contributed by atoms with van der Waals surface area (Å²) in [4.78, 5) is 13.7. The first kappa shape index (κ1) is 12.7. The Bertz CT molecular complexity index is 448. The first-order valence-electron chi connectivity index (χ1n) is 5.96. The Hall–Kier alpha value is -1.75. The highest BCUT2D eigenvalue weighted by Crippen LogP contribution is 2.32. The van der Waals surface area contributed by atoms with E-state index in [1.54, 1.807) is 11.9 Å². The molecule has 5 nitrogen and oxygen atoms in total. The molecule has 1 aliphatic heterocycles. The van der Waals surface area contributed by atoms with Crippen LogP contribution in [0.2, 0.25) is 0 Å². The van der Waals surface area contributed by atoms with Gasteiger partial charge in [0, 0.05) is 19.6 Å². The van der Waals surface area contributed by atoms with Crippen molar-refractivity contribution in [3.05, 3.63) is 23.8 Å². The summed E-state index contributed by atoms with van der Waals surface area (Å²) in [5, 5.41) is 0. The third-order valence-electron chi connectivity index (χ3n) is 3.19. The molecule has 1 amide bonds. The molecule has 2 N–H and O–H groups in total. The Morgan fingerprint density at radius 2 is 2.17 bits per heavy atom. The predicted octanol–water partition coefficient (Wildman–Crippen LogP) is 0.763. The molecule has 0 saturated heterocycles. The average Bonchev–Trinajstić information content (AvgIpc) is 2.84. The molecule has 5 heteroatoms. The molecule has 1 atom stereocenters. The van der Waals surface area contributed by atoms with E-state index in [9.17, 15) is 4.79 Å². The quantitative estimate of drug-likeness (QED) is 0.857. The Kier molecular flexibility index (Phi) is 3.72. The maximum absolute atomic E-state index is 12.0. The van der Waals surface area contributed by atoms with Gasteiger partial charge in [-0.25, -0.2) is 0 Å². The number of fused-ring (bicyclic) bond motifs is 1. The molecule has 0 aromatic heterocycles. The molecule has 1 heterocycles. The van der Waals surface area contributed by atoms with Gasteiger partial charge in [-0.15, -0.1) is 0 Å². The summed E-state index contributed by atoms with van der Waals surface area (Å²) in [6, 6.07) is 5.61. The first-order chi connectivity index (χ1) is 8.61. The molecule has 0 spiro atoms. The second-order valence-corrected chi connectivity index (χ2v) is 4.45. The fraction of sp³-hybridized carbons (Fsp3) is 0.462. The fourth-order valence-electron chi connectivity index (χ4n) is 1.75. The number of amides is 1. The topological polar surface area (TPSA) is 64.8 Å². The standard InChI is InChI=1S/C13H18N2O3/c1-9(7-14)15(2)13(16)6-10-3-4-11-12(5-10)18-8-17-11/h3-5,9H,6-8,14H2,1-2H3. The van der Waals surface area contributed by atoms with Crippen LogP contribution in [0.25, 0.3) is 0 Å². The zero-order valence-corrected chi connectivity index (χ0v) is 10.7. The van der Waals surface area contributed by atoms with Crippen LogP contribution in [0.1, 0.15) is 12.5 Å². The molecule has 0 fully saturated rings. The lowest BCUT2D eigenvalue weighted by atomic mass is 10.1. The van der Waals surface area contributed by atoms with Gasteiger partial charge in [0.1, 0.15) is 0 Å². The van der Waals surface area contributed by atoms with Gasteiger partial charge in [0.15, 0.2) is 11.5 Å². The molecule has 1 aromatic carbocycles. The molecule has 2 rings (SSSR count). The van der Waals surface area contributed by atoms with Crippen LogP contribution in [-0.2, 0) is 11.2 Å². The number of rotatable bonds is 4. The normalized spacial score (nSPS) is 14.4. The maximum atomic E-state index is 12.0. The van der Waals surface area contributed by atoms with Gasteiger partial charge in [-0.3, -0.25) is 4.79 Å². The van der Waals surface area contributed by atoms with Crippen molar-refractivity contribution in [3.8, 4) is 11.5 Å². The fourth-order valence-corrected chi connectivity index (χ4v) is 1.75. The van der Waals surface area contributed by atoms with Gasteiger partial charge in [0.2, 0.25) is 12.7 Å². The van der Waals surface area contributed by atoms with Crippen molar-refractivity contribution in [2.45, 2.75) is 19.4 Å². The molecular formula is C13H18N2O3. The summed E-state index contributed by atoms with van der Waals surface area (Å²) in [6.45, 7) is 2.64. The minimum atomic E-state index is 0.0477. The predicted molar refractivity (Wildman–Crippen MR) is 67.6 cm³/mol. The summed E-state index contributed by atoms with van der Waals surface area (Å²) >= 11 is 0. The summed E-state index contributed by atoms with van der Waals surface area (Å²) < 4.78 is 10.5. The number of ether oxygens (including phenoxy) is 2. The van der Waals surface area contributed by atoms with Gasteiger partial charge < -0.3 is 20.1 Å². The van der Waals surface area contributed by atoms with Gasteiger partial charge in [-0.1, -0.05) is 6.07 Å². The van der Waals surface area contributed by atoms with Gasteiger partial charge in [0.05, 0.1) is 6.42 Å². The molecule has 0 radical (unpaired) electrons. The summed E-state index contributed by atoms with van der Waals surface area (Å²) in [5.41, 5.74) is 6.46. The first-order valence-corrected chi connectivity index (χ1v) is 5.96. The second-order valence-electron chi connectivity index (χ2n) is 4.45. The number of hydrogen-bond donors (Lipinski definition) is 1. The van der Waals surface area contributed by atoms with Crippen LogP contribution >= 0.6 is 0 Å². The minimum Gasteiger partial charge on any atom is -0.454 e. The number of hydrogen-bond acceptors (Lipinski definition) is 4. The van der Waals surface area contributed by atoms with E-state index >= 15 is 0 Å². The van der Waals surface area contributed by atoms with Crippen LogP contribution < -0.4 is 15.2 Å². The van der Waals surface area contributed by atoms with Crippen molar-refractivity contribution in [1.82, 2.24) is 4.90 Å². The van der Waals surface area contributed by atoms with Crippen molar-refractivity contribution in [2.24, 2.45) is 5.73 Å². The molecule has 0 bridgehead atoms. The van der Waals surface area contributed by atoms with Gasteiger partial charge in [0.25, 0.3) is 0 Å². The van der Waals surface area contributed by atoms with Gasteiger partial charge in [-0.2, -0.15) is 0 Å². The Balaban J connectivity index is 2.03. The third kappa shape index (κ3) is 2.56. The Labute approximate surface area is 106 Å². The van der Waals surface area contributed by atoms with Gasteiger partial charge in [-0.05, 0) is 24.6 Å². The molecule has 1 aliphatic rings. The van der Waals surface area contributed by atoms with E-state index in [-0.39, 0.29) is 18.7 Å². The van der Waals surface area contributed by atoms with E-state index in [1.165, 1.54) is 0 Å². The van der Waals surface area contributed by atoms with E-state index in [0.717, 1.165) is 11.3 Å². The van der Waals surface area contributed by atoms with Crippen LogP contribution in [0.5, 0.6) is 11.5 Å². The van der Waals surface area contributed by atoms with E-state index in [0.29, 0.717) is 18.7 Å². The van der Waals surface area contributed by atoms with Crippen molar-refractivity contribution in [3.63, 3.8) is 0 Å². The number of benzene rings is 1. The monoisotopic (exact) mass is 250 g/mol. The molecule has 0 aliphatic carbocycles. The number of nitrogens with zero attached hydrogens (tertiary/aromatic N) is 1. The lowest BCUT2D eigenvalue weighted by Gasteiger charge is -2.23. The van der Waals surface area contributed by atoms with Crippen molar-refractivity contribution < 1.29 is 14.3 Å². The highest BCUT2D eigenvalue weighted by molar-refractivity contribution is 5.79. The number of carbonyl (C=O) groups is 1. The van der Waals surface area contributed by atoms with Crippen LogP contribution in [0.3, 0.4) is 0 Å². The van der Waals surface area contributed by atoms with E-state index < -0.39 is 0 Å². The lowest BCUT2D eigenvalue weighted by Crippen LogP contribution is -2.40. The minimum absolute atomic E-state index is 0.0477. The van der Waals surface area contributed by atoms with Gasteiger partial charge >= 0.3 is 0 Å². The highest BCUT2D eigenvalue weighted by atomic mass is 16.7. The molecule has 98 valence electrons. The largest absolute Gasteiger partial charge is 0.454 e. The Morgan fingerprint density at radius 1 is 1.44 bits per heavy atom. The maximum Gasteiger partial charge on any atom is 0.231 e. The highest BCUT2D eigenvalue weighted by Gasteiger charge is 2.17. The summed E-state index contributed by atoms with van der Waals surface area (Å²) in [7, 11) is 1.77. The van der Waals surface area contributed by atoms with E-state index in [4.69, 9.17) is 15.2 Å². The average molecular weight is 250 g/mol. The molecule has 0 saturated carbocycles. The molecule has 18 heavy (non-hydrogen) atoms. The van der Waals surface area contributed by atoms with E-state index in [2.05, 4.69) is 0 Å². The Morgan fingerprint density at radius 3 is 2.89 bits per heavy atom. The third-order valence-corrected chi connectivity index (χ3v) is 3.19. The summed E-state index contributed by atoms with van der Waals surface area (Å²) in [5.74, 6) is 1.48. The molecular weight excluding hydrogens is 232 g/mol.